The first-order valence-electron chi connectivity index (χ1n) is 25.2. The number of amides is 2. The monoisotopic (exact) mass is 1080 g/mol. The number of carbonyl (C=O) groups is 5. The minimum atomic E-state index is -1.22. The molecule has 2 amide bonds. The second kappa shape index (κ2) is 26.0. The lowest BCUT2D eigenvalue weighted by molar-refractivity contribution is -0.139. The molecule has 8 aromatic rings. The van der Waals surface area contributed by atoms with Gasteiger partial charge in [0, 0.05) is 6.54 Å². The third-order valence-electron chi connectivity index (χ3n) is 13.0. The van der Waals surface area contributed by atoms with Gasteiger partial charge in [-0.25, -0.2) is 14.4 Å². The van der Waals surface area contributed by atoms with E-state index in [1.165, 1.54) is 33.5 Å². The lowest BCUT2D eigenvalue weighted by atomic mass is 10.0. The fourth-order valence-electron chi connectivity index (χ4n) is 8.88. The number of benzene rings is 8. The van der Waals surface area contributed by atoms with Crippen molar-refractivity contribution < 1.29 is 58.2 Å². The minimum absolute atomic E-state index is 0.0995. The number of nitrogens with one attached hydrogen (secondary N) is 6. The standard InChI is InChI=1S/C62H58N6O12/c1-77-54-33-37(39-26-30-51(56(35-39)79-3)66-47-21-11-7-17-43(47)60(71)72)24-28-49(54)64-45-19-9-5-15-41(45)58(69)63-32-14-13-23-53(62(75)76)68-59(70)42-16-6-10-20-46(42)65-50-29-25-38(34-55(50)78-2)40-27-31-52(57(36-40)80-4)67-48-22-12-8-18-44(48)61(73)74/h5-12,15-22,24-31,33-36,53,64-67H,13-14,23,32H2,1-4H3,(H,63,69)(H,68,70)(H,71,72)(H,73,74)(H,75,76). The van der Waals surface area contributed by atoms with Crippen LogP contribution in [0.3, 0.4) is 0 Å². The second-order valence-electron chi connectivity index (χ2n) is 18.1. The van der Waals surface area contributed by atoms with E-state index in [1.807, 2.05) is 54.6 Å². The molecule has 0 spiro atoms. The van der Waals surface area contributed by atoms with Crippen LogP contribution in [0, 0.1) is 0 Å². The molecule has 8 rings (SSSR count). The maximum atomic E-state index is 13.8. The van der Waals surface area contributed by atoms with E-state index in [1.54, 1.807) is 110 Å². The number of aromatic carboxylic acids is 2. The number of carboxylic acid groups (broad SMARTS) is 3. The largest absolute Gasteiger partial charge is 0.495 e. The van der Waals surface area contributed by atoms with Crippen molar-refractivity contribution in [2.24, 2.45) is 0 Å². The summed E-state index contributed by atoms with van der Waals surface area (Å²) >= 11 is 0. The first-order valence-corrected chi connectivity index (χ1v) is 25.2. The van der Waals surface area contributed by atoms with E-state index in [2.05, 4.69) is 31.9 Å². The maximum Gasteiger partial charge on any atom is 0.337 e. The molecule has 0 aromatic heterocycles. The Labute approximate surface area is 461 Å². The van der Waals surface area contributed by atoms with Crippen LogP contribution in [0.25, 0.3) is 22.3 Å². The Balaban J connectivity index is 0.855. The van der Waals surface area contributed by atoms with Gasteiger partial charge in [-0.2, -0.15) is 0 Å². The number of para-hydroxylation sites is 4. The van der Waals surface area contributed by atoms with Crippen LogP contribution in [0.15, 0.2) is 170 Å². The molecule has 0 bridgehead atoms. The molecule has 0 aliphatic carbocycles. The van der Waals surface area contributed by atoms with Gasteiger partial charge in [0.2, 0.25) is 0 Å². The van der Waals surface area contributed by atoms with Gasteiger partial charge in [0.15, 0.2) is 0 Å². The summed E-state index contributed by atoms with van der Waals surface area (Å²) in [6, 6.07) is 47.7. The van der Waals surface area contributed by atoms with E-state index in [9.17, 15) is 39.3 Å². The summed E-state index contributed by atoms with van der Waals surface area (Å²) in [5, 5.41) is 48.0. The van der Waals surface area contributed by atoms with Crippen LogP contribution < -0.4 is 50.8 Å². The number of rotatable bonds is 25. The number of aliphatic carboxylic acids is 1. The highest BCUT2D eigenvalue weighted by atomic mass is 16.5. The van der Waals surface area contributed by atoms with Gasteiger partial charge in [-0.1, -0.05) is 72.8 Å². The van der Waals surface area contributed by atoms with E-state index in [0.717, 1.165) is 22.3 Å². The van der Waals surface area contributed by atoms with Gasteiger partial charge in [0.25, 0.3) is 11.8 Å². The number of hydrogen-bond donors (Lipinski definition) is 9. The molecule has 0 aliphatic rings. The molecule has 18 nitrogen and oxygen atoms in total. The molecule has 18 heteroatoms. The van der Waals surface area contributed by atoms with Crippen molar-refractivity contribution in [3.05, 3.63) is 192 Å². The number of carboxylic acids is 3. The molecule has 1 unspecified atom stereocenters. The van der Waals surface area contributed by atoms with Crippen molar-refractivity contribution >= 4 is 75.2 Å². The Kier molecular flexibility index (Phi) is 18.1. The van der Waals surface area contributed by atoms with Gasteiger partial charge in [0.1, 0.15) is 29.0 Å². The first kappa shape index (κ1) is 55.7. The van der Waals surface area contributed by atoms with Crippen LogP contribution in [-0.2, 0) is 4.79 Å². The van der Waals surface area contributed by atoms with Crippen molar-refractivity contribution in [1.29, 1.82) is 0 Å². The Morgan fingerprint density at radius 1 is 0.388 bits per heavy atom. The number of unbranched alkanes of at least 4 members (excludes halogenated alkanes) is 1. The Bertz CT molecular complexity index is 3590. The van der Waals surface area contributed by atoms with E-state index in [-0.39, 0.29) is 35.6 Å². The van der Waals surface area contributed by atoms with E-state index < -0.39 is 29.9 Å². The summed E-state index contributed by atoms with van der Waals surface area (Å²) < 4.78 is 22.9. The molecule has 0 saturated heterocycles. The summed E-state index contributed by atoms with van der Waals surface area (Å²) in [5.41, 5.74) is 8.05. The number of anilines is 8. The lowest BCUT2D eigenvalue weighted by Gasteiger charge is -2.18. The highest BCUT2D eigenvalue weighted by molar-refractivity contribution is 6.03. The van der Waals surface area contributed by atoms with Gasteiger partial charge < -0.3 is 66.2 Å². The van der Waals surface area contributed by atoms with Gasteiger partial charge in [-0.3, -0.25) is 9.59 Å². The van der Waals surface area contributed by atoms with E-state index >= 15 is 0 Å². The average Bonchev–Trinajstić information content (AvgIpc) is 3.52. The zero-order valence-corrected chi connectivity index (χ0v) is 44.1. The van der Waals surface area contributed by atoms with Gasteiger partial charge in [0.05, 0.1) is 96.2 Å². The van der Waals surface area contributed by atoms with Crippen molar-refractivity contribution in [1.82, 2.24) is 10.6 Å². The molecule has 0 aliphatic heterocycles. The van der Waals surface area contributed by atoms with Crippen LogP contribution in [0.2, 0.25) is 0 Å². The predicted octanol–water partition coefficient (Wildman–Crippen LogP) is 12.2. The van der Waals surface area contributed by atoms with Crippen molar-refractivity contribution in [2.75, 3.05) is 56.3 Å². The number of methoxy groups -OCH3 is 4. The third kappa shape index (κ3) is 13.4. The molecule has 0 fully saturated rings. The van der Waals surface area contributed by atoms with Gasteiger partial charge in [-0.15, -0.1) is 0 Å². The molecule has 80 heavy (non-hydrogen) atoms. The Morgan fingerprint density at radius 2 is 0.700 bits per heavy atom. The van der Waals surface area contributed by atoms with Crippen LogP contribution in [0.1, 0.15) is 60.7 Å². The maximum absolute atomic E-state index is 13.8. The van der Waals surface area contributed by atoms with Crippen molar-refractivity contribution in [3.8, 4) is 45.3 Å². The molecule has 0 heterocycles. The summed E-state index contributed by atoms with van der Waals surface area (Å²) in [6.45, 7) is 0.238. The van der Waals surface area contributed by atoms with E-state index in [4.69, 9.17) is 18.9 Å². The van der Waals surface area contributed by atoms with Crippen molar-refractivity contribution in [2.45, 2.75) is 25.3 Å². The minimum Gasteiger partial charge on any atom is -0.495 e. The SMILES string of the molecule is COc1cc(-c2ccc(Nc3ccccc3C(=O)NCCCCC(NC(=O)c3ccccc3Nc3ccc(-c4ccc(Nc5ccccc5C(=O)O)c(OC)c4)cc3OC)C(=O)O)c(OC)c2)ccc1Nc1ccccc1C(=O)O. The fraction of sp³-hybridized carbons (Fsp3) is 0.145. The van der Waals surface area contributed by atoms with Crippen LogP contribution >= 0.6 is 0 Å². The highest BCUT2D eigenvalue weighted by Gasteiger charge is 2.23. The third-order valence-corrected chi connectivity index (χ3v) is 13.0. The summed E-state index contributed by atoms with van der Waals surface area (Å²) in [7, 11) is 6.12. The highest BCUT2D eigenvalue weighted by Crippen LogP contribution is 2.40. The molecule has 408 valence electrons. The molecule has 0 saturated carbocycles. The zero-order chi connectivity index (χ0) is 56.7. The summed E-state index contributed by atoms with van der Waals surface area (Å²) in [4.78, 5) is 63.4. The predicted molar refractivity (Wildman–Crippen MR) is 308 cm³/mol. The molecule has 1 atom stereocenters. The smallest absolute Gasteiger partial charge is 0.337 e. The number of carbonyl (C=O) groups excluding carboxylic acids is 2. The lowest BCUT2D eigenvalue weighted by Crippen LogP contribution is -2.41. The van der Waals surface area contributed by atoms with Gasteiger partial charge >= 0.3 is 17.9 Å². The number of ether oxygens (including phenoxy) is 4. The summed E-state index contributed by atoms with van der Waals surface area (Å²) in [5.74, 6) is -2.34. The molecular weight excluding hydrogens is 1020 g/mol. The van der Waals surface area contributed by atoms with Crippen LogP contribution in [0.5, 0.6) is 23.0 Å². The average molecular weight is 1080 g/mol. The van der Waals surface area contributed by atoms with Crippen molar-refractivity contribution in [3.63, 3.8) is 0 Å². The van der Waals surface area contributed by atoms with E-state index in [0.29, 0.717) is 86.9 Å². The van der Waals surface area contributed by atoms with Crippen LogP contribution in [0.4, 0.5) is 45.5 Å². The topological polar surface area (TPSA) is 255 Å². The molecule has 9 N–H and O–H groups in total. The van der Waals surface area contributed by atoms with Crippen LogP contribution in [-0.4, -0.2) is 86.1 Å². The zero-order valence-electron chi connectivity index (χ0n) is 44.1. The molecule has 0 radical (unpaired) electrons. The second-order valence-corrected chi connectivity index (χ2v) is 18.1. The molecular formula is C62H58N6O12. The normalized spacial score (nSPS) is 11.1. The number of hydrogen-bond acceptors (Lipinski definition) is 13. The Hall–Kier alpha value is -10.5. The summed E-state index contributed by atoms with van der Waals surface area (Å²) in [6.07, 6.45) is 0.900. The van der Waals surface area contributed by atoms with Gasteiger partial charge in [-0.05, 0) is 139 Å². The molecule has 8 aromatic carbocycles. The first-order chi connectivity index (χ1) is 38.8. The quantitative estimate of drug-likeness (QED) is 0.0241. The Morgan fingerprint density at radius 3 is 1.02 bits per heavy atom. The fourth-order valence-corrected chi connectivity index (χ4v) is 8.88.